The Morgan fingerprint density at radius 2 is 2.03 bits per heavy atom. The topological polar surface area (TPSA) is 82.5 Å². The molecule has 2 aliphatic heterocycles. The van der Waals surface area contributed by atoms with Gasteiger partial charge in [0.05, 0.1) is 24.8 Å². The van der Waals surface area contributed by atoms with Crippen molar-refractivity contribution in [3.8, 4) is 0 Å². The van der Waals surface area contributed by atoms with Crippen LogP contribution in [-0.4, -0.2) is 63.8 Å². The van der Waals surface area contributed by atoms with Crippen LogP contribution in [0, 0.1) is 6.92 Å². The first-order chi connectivity index (χ1) is 14.9. The lowest BCUT2D eigenvalue weighted by atomic mass is 9.99. The van der Waals surface area contributed by atoms with Gasteiger partial charge >= 0.3 is 0 Å². The van der Waals surface area contributed by atoms with Crippen LogP contribution in [0.4, 0.5) is 5.82 Å². The van der Waals surface area contributed by atoms with Gasteiger partial charge in [-0.05, 0) is 58.8 Å². The number of likely N-dealkylation sites (tertiary alicyclic amines) is 1. The number of piperidine rings is 1. The number of hydrogen-bond acceptors (Lipinski definition) is 6. The maximum absolute atomic E-state index is 12.9. The Bertz CT molecular complexity index is 962. The van der Waals surface area contributed by atoms with Crippen molar-refractivity contribution < 1.29 is 9.59 Å². The molecule has 1 atom stereocenters. The molecule has 1 fully saturated rings. The maximum Gasteiger partial charge on any atom is 0.237 e. The fourth-order valence-corrected chi connectivity index (χ4v) is 4.43. The fourth-order valence-electron chi connectivity index (χ4n) is 4.43. The normalized spacial score (nSPS) is 19.0. The van der Waals surface area contributed by atoms with Crippen LogP contribution in [0.5, 0.6) is 0 Å². The Morgan fingerprint density at radius 3 is 2.77 bits per heavy atom. The summed E-state index contributed by atoms with van der Waals surface area (Å²) in [5.74, 6) is 1.46. The number of aromatic nitrogens is 3. The molecule has 164 valence electrons. The summed E-state index contributed by atoms with van der Waals surface area (Å²) in [4.78, 5) is 45.3. The monoisotopic (exact) mass is 422 g/mol. The highest BCUT2D eigenvalue weighted by Gasteiger charge is 2.34. The molecule has 31 heavy (non-hydrogen) atoms. The van der Waals surface area contributed by atoms with Gasteiger partial charge in [0.25, 0.3) is 0 Å². The van der Waals surface area contributed by atoms with Crippen LogP contribution in [0.1, 0.15) is 54.5 Å². The standard InChI is InChI=1S/C23H30N6O2/c1-16-18-10-11-20(30)29(14-17-8-4-6-12-24-17)23(18)26-22(25-16)19-9-5-7-13-28(19)21(31)15-27(2)3/h4,6,8,12,19H,5,7,9-11,13-15H2,1-3H3/t19-/m1/s1. The molecule has 2 aromatic rings. The average molecular weight is 423 g/mol. The summed E-state index contributed by atoms with van der Waals surface area (Å²) >= 11 is 0. The van der Waals surface area contributed by atoms with Gasteiger partial charge in [0, 0.05) is 30.4 Å². The maximum atomic E-state index is 12.9. The number of aryl methyl sites for hydroxylation is 1. The Hall–Kier alpha value is -2.87. The lowest BCUT2D eigenvalue weighted by Gasteiger charge is -2.36. The molecule has 0 aliphatic carbocycles. The van der Waals surface area contributed by atoms with Crippen molar-refractivity contribution in [1.29, 1.82) is 0 Å². The second kappa shape index (κ2) is 9.09. The number of rotatable bonds is 5. The first-order valence-electron chi connectivity index (χ1n) is 11.0. The first kappa shape index (κ1) is 21.4. The van der Waals surface area contributed by atoms with E-state index in [2.05, 4.69) is 4.98 Å². The predicted molar refractivity (Wildman–Crippen MR) is 117 cm³/mol. The third-order valence-corrected chi connectivity index (χ3v) is 5.97. The molecule has 0 unspecified atom stereocenters. The number of nitrogens with zero attached hydrogens (tertiary/aromatic N) is 6. The number of carbonyl (C=O) groups is 2. The minimum absolute atomic E-state index is 0.0476. The van der Waals surface area contributed by atoms with Crippen LogP contribution in [0.3, 0.4) is 0 Å². The molecule has 4 heterocycles. The second-order valence-corrected chi connectivity index (χ2v) is 8.61. The summed E-state index contributed by atoms with van der Waals surface area (Å²) in [6, 6.07) is 5.55. The van der Waals surface area contributed by atoms with E-state index in [-0.39, 0.29) is 17.9 Å². The highest BCUT2D eigenvalue weighted by molar-refractivity contribution is 5.95. The van der Waals surface area contributed by atoms with Crippen LogP contribution < -0.4 is 4.90 Å². The summed E-state index contributed by atoms with van der Waals surface area (Å²) in [5, 5.41) is 0. The van der Waals surface area contributed by atoms with E-state index < -0.39 is 0 Å². The zero-order valence-electron chi connectivity index (χ0n) is 18.5. The Balaban J connectivity index is 1.69. The molecule has 2 aromatic heterocycles. The number of anilines is 1. The molecule has 0 spiro atoms. The predicted octanol–water partition coefficient (Wildman–Crippen LogP) is 2.27. The Kier molecular flexibility index (Phi) is 6.27. The molecule has 0 N–H and O–H groups in total. The van der Waals surface area contributed by atoms with E-state index in [1.165, 1.54) is 0 Å². The highest BCUT2D eigenvalue weighted by atomic mass is 16.2. The molecular formula is C23H30N6O2. The third kappa shape index (κ3) is 4.58. The van der Waals surface area contributed by atoms with Gasteiger partial charge in [0.2, 0.25) is 11.8 Å². The third-order valence-electron chi connectivity index (χ3n) is 5.97. The fraction of sp³-hybridized carbons (Fsp3) is 0.522. The summed E-state index contributed by atoms with van der Waals surface area (Å²) in [6.07, 6.45) is 5.69. The van der Waals surface area contributed by atoms with E-state index in [1.54, 1.807) is 11.1 Å². The average Bonchev–Trinajstić information content (AvgIpc) is 2.76. The van der Waals surface area contributed by atoms with Crippen molar-refractivity contribution in [2.45, 2.75) is 51.6 Å². The molecular weight excluding hydrogens is 392 g/mol. The molecule has 2 amide bonds. The van der Waals surface area contributed by atoms with Gasteiger partial charge in [-0.15, -0.1) is 0 Å². The summed E-state index contributed by atoms with van der Waals surface area (Å²) in [7, 11) is 3.80. The molecule has 0 aromatic carbocycles. The van der Waals surface area contributed by atoms with Crippen molar-refractivity contribution in [2.75, 3.05) is 32.1 Å². The Labute approximate surface area is 183 Å². The van der Waals surface area contributed by atoms with Gasteiger partial charge in [-0.3, -0.25) is 19.5 Å². The summed E-state index contributed by atoms with van der Waals surface area (Å²) in [5.41, 5.74) is 2.73. The van der Waals surface area contributed by atoms with Crippen LogP contribution in [-0.2, 0) is 22.6 Å². The van der Waals surface area contributed by atoms with Crippen molar-refractivity contribution in [2.24, 2.45) is 0 Å². The Morgan fingerprint density at radius 1 is 1.19 bits per heavy atom. The van der Waals surface area contributed by atoms with E-state index >= 15 is 0 Å². The largest absolute Gasteiger partial charge is 0.331 e. The van der Waals surface area contributed by atoms with Gasteiger partial charge in [-0.25, -0.2) is 9.97 Å². The second-order valence-electron chi connectivity index (χ2n) is 8.61. The number of amides is 2. The molecule has 0 saturated carbocycles. The lowest BCUT2D eigenvalue weighted by Crippen LogP contribution is -2.44. The zero-order chi connectivity index (χ0) is 22.0. The molecule has 0 bridgehead atoms. The first-order valence-corrected chi connectivity index (χ1v) is 11.0. The minimum atomic E-state index is -0.154. The van der Waals surface area contributed by atoms with Crippen LogP contribution in [0.25, 0.3) is 0 Å². The van der Waals surface area contributed by atoms with Crippen molar-refractivity contribution in [3.63, 3.8) is 0 Å². The summed E-state index contributed by atoms with van der Waals surface area (Å²) < 4.78 is 0. The lowest BCUT2D eigenvalue weighted by molar-refractivity contribution is -0.136. The number of carbonyl (C=O) groups excluding carboxylic acids is 2. The zero-order valence-corrected chi connectivity index (χ0v) is 18.5. The molecule has 0 radical (unpaired) electrons. The van der Waals surface area contributed by atoms with Crippen molar-refractivity contribution >= 4 is 17.6 Å². The molecule has 8 heteroatoms. The smallest absolute Gasteiger partial charge is 0.237 e. The van der Waals surface area contributed by atoms with Crippen LogP contribution in [0.15, 0.2) is 24.4 Å². The van der Waals surface area contributed by atoms with Crippen LogP contribution in [0.2, 0.25) is 0 Å². The van der Waals surface area contributed by atoms with Gasteiger partial charge in [-0.1, -0.05) is 6.07 Å². The van der Waals surface area contributed by atoms with E-state index in [0.717, 1.165) is 36.2 Å². The van der Waals surface area contributed by atoms with Gasteiger partial charge in [0.15, 0.2) is 5.82 Å². The van der Waals surface area contributed by atoms with E-state index in [4.69, 9.17) is 9.97 Å². The molecule has 8 nitrogen and oxygen atoms in total. The molecule has 2 aliphatic rings. The van der Waals surface area contributed by atoms with Gasteiger partial charge < -0.3 is 9.80 Å². The van der Waals surface area contributed by atoms with Gasteiger partial charge in [-0.2, -0.15) is 0 Å². The number of likely N-dealkylation sites (N-methyl/N-ethyl adjacent to an activating group) is 1. The van der Waals surface area contributed by atoms with E-state index in [0.29, 0.717) is 44.1 Å². The summed E-state index contributed by atoms with van der Waals surface area (Å²) in [6.45, 7) is 3.45. The SMILES string of the molecule is Cc1nc([C@H]2CCCCN2C(=O)CN(C)C)nc2c1CCC(=O)N2Cc1ccccn1. The van der Waals surface area contributed by atoms with Crippen molar-refractivity contribution in [3.05, 3.63) is 47.2 Å². The number of fused-ring (bicyclic) bond motifs is 1. The number of pyridine rings is 1. The van der Waals surface area contributed by atoms with Crippen LogP contribution >= 0.6 is 0 Å². The molecule has 4 rings (SSSR count). The van der Waals surface area contributed by atoms with E-state index in [1.807, 2.05) is 49.0 Å². The quantitative estimate of drug-likeness (QED) is 0.735. The highest BCUT2D eigenvalue weighted by Crippen LogP contribution is 2.34. The van der Waals surface area contributed by atoms with Crippen molar-refractivity contribution in [1.82, 2.24) is 24.8 Å². The minimum Gasteiger partial charge on any atom is -0.331 e. The number of hydrogen-bond donors (Lipinski definition) is 0. The van der Waals surface area contributed by atoms with Gasteiger partial charge in [0.1, 0.15) is 5.82 Å². The molecule has 1 saturated heterocycles. The van der Waals surface area contributed by atoms with E-state index in [9.17, 15) is 9.59 Å².